The van der Waals surface area contributed by atoms with Gasteiger partial charge in [0.1, 0.15) is 23.7 Å². The number of carbonyl (C=O) groups is 1. The fraction of sp³-hybridized carbons (Fsp3) is 0.333. The second-order valence-electron chi connectivity index (χ2n) is 4.82. The molecule has 0 amide bonds. The van der Waals surface area contributed by atoms with E-state index in [1.54, 1.807) is 23.9 Å². The van der Waals surface area contributed by atoms with Crippen LogP contribution < -0.4 is 9.47 Å². The average molecular weight is 290 g/mol. The van der Waals surface area contributed by atoms with Crippen molar-refractivity contribution in [3.8, 4) is 11.5 Å². The Bertz CT molecular complexity index is 634. The molecule has 0 aliphatic heterocycles. The summed E-state index contributed by atoms with van der Waals surface area (Å²) >= 11 is 0. The Morgan fingerprint density at radius 2 is 2.10 bits per heavy atom. The van der Waals surface area contributed by atoms with Crippen molar-refractivity contribution in [2.45, 2.75) is 26.5 Å². The highest BCUT2D eigenvalue weighted by molar-refractivity contribution is 5.88. The SMILES string of the molecule is COc1cccc(OCc2c(C(=O)O)cnn2C(C)C)c1. The third-order valence-corrected chi connectivity index (χ3v) is 3.03. The number of aromatic nitrogens is 2. The molecule has 0 atom stereocenters. The summed E-state index contributed by atoms with van der Waals surface area (Å²) in [5.41, 5.74) is 0.701. The third-order valence-electron chi connectivity index (χ3n) is 3.03. The number of rotatable bonds is 6. The lowest BCUT2D eigenvalue weighted by Crippen LogP contribution is -2.13. The zero-order valence-electron chi connectivity index (χ0n) is 12.2. The molecular formula is C15H18N2O4. The van der Waals surface area contributed by atoms with Crippen LogP contribution in [0.5, 0.6) is 11.5 Å². The van der Waals surface area contributed by atoms with E-state index < -0.39 is 5.97 Å². The van der Waals surface area contributed by atoms with Crippen molar-refractivity contribution in [3.05, 3.63) is 41.7 Å². The van der Waals surface area contributed by atoms with E-state index in [4.69, 9.17) is 9.47 Å². The van der Waals surface area contributed by atoms with Gasteiger partial charge in [0.15, 0.2) is 0 Å². The second kappa shape index (κ2) is 6.30. The van der Waals surface area contributed by atoms with E-state index in [9.17, 15) is 9.90 Å². The number of ether oxygens (including phenoxy) is 2. The number of hydrogen-bond donors (Lipinski definition) is 1. The van der Waals surface area contributed by atoms with Crippen molar-refractivity contribution in [1.29, 1.82) is 0 Å². The molecule has 0 radical (unpaired) electrons. The quantitative estimate of drug-likeness (QED) is 0.885. The van der Waals surface area contributed by atoms with Crippen LogP contribution in [0.4, 0.5) is 0 Å². The van der Waals surface area contributed by atoms with Gasteiger partial charge >= 0.3 is 5.97 Å². The van der Waals surface area contributed by atoms with Crippen LogP contribution in [0, 0.1) is 0 Å². The predicted octanol–water partition coefficient (Wildman–Crippen LogP) is 2.75. The molecule has 1 aromatic heterocycles. The molecule has 6 heteroatoms. The summed E-state index contributed by atoms with van der Waals surface area (Å²) in [5.74, 6) is 0.289. The van der Waals surface area contributed by atoms with Crippen LogP contribution in [0.15, 0.2) is 30.5 Å². The molecule has 0 unspecified atom stereocenters. The van der Waals surface area contributed by atoms with Gasteiger partial charge in [0, 0.05) is 12.1 Å². The summed E-state index contributed by atoms with van der Waals surface area (Å²) in [6, 6.07) is 7.22. The molecule has 1 N–H and O–H groups in total. The molecule has 0 saturated carbocycles. The Balaban J connectivity index is 2.22. The number of benzene rings is 1. The first-order chi connectivity index (χ1) is 10.0. The molecule has 0 bridgehead atoms. The lowest BCUT2D eigenvalue weighted by molar-refractivity contribution is 0.0693. The molecular weight excluding hydrogens is 272 g/mol. The van der Waals surface area contributed by atoms with Gasteiger partial charge in [0.25, 0.3) is 0 Å². The van der Waals surface area contributed by atoms with Gasteiger partial charge in [0.2, 0.25) is 0 Å². The van der Waals surface area contributed by atoms with Gasteiger partial charge in [-0.25, -0.2) is 4.79 Å². The van der Waals surface area contributed by atoms with Gasteiger partial charge in [-0.3, -0.25) is 4.68 Å². The third kappa shape index (κ3) is 3.34. The van der Waals surface area contributed by atoms with Crippen LogP contribution in [-0.2, 0) is 6.61 Å². The Morgan fingerprint density at radius 1 is 1.38 bits per heavy atom. The predicted molar refractivity (Wildman–Crippen MR) is 76.9 cm³/mol. The van der Waals surface area contributed by atoms with E-state index in [1.165, 1.54) is 6.20 Å². The number of carboxylic acids is 1. The number of carboxylic acid groups (broad SMARTS) is 1. The highest BCUT2D eigenvalue weighted by atomic mass is 16.5. The maximum atomic E-state index is 11.2. The Labute approximate surface area is 122 Å². The first kappa shape index (κ1) is 14.9. The summed E-state index contributed by atoms with van der Waals surface area (Å²) < 4.78 is 12.5. The Kier molecular flexibility index (Phi) is 4.47. The van der Waals surface area contributed by atoms with E-state index in [0.717, 1.165) is 0 Å². The lowest BCUT2D eigenvalue weighted by atomic mass is 10.2. The molecule has 0 saturated heterocycles. The average Bonchev–Trinajstić information content (AvgIpc) is 2.89. The summed E-state index contributed by atoms with van der Waals surface area (Å²) in [6.45, 7) is 4.01. The van der Waals surface area contributed by atoms with Crippen LogP contribution in [0.3, 0.4) is 0 Å². The minimum Gasteiger partial charge on any atom is -0.497 e. The zero-order chi connectivity index (χ0) is 15.4. The van der Waals surface area contributed by atoms with Crippen LogP contribution in [0.25, 0.3) is 0 Å². The normalized spacial score (nSPS) is 10.7. The fourth-order valence-electron chi connectivity index (χ4n) is 2.00. The molecule has 0 aliphatic rings. The Morgan fingerprint density at radius 3 is 2.71 bits per heavy atom. The molecule has 2 rings (SSSR count). The number of hydrogen-bond acceptors (Lipinski definition) is 4. The maximum absolute atomic E-state index is 11.2. The minimum absolute atomic E-state index is 0.0574. The topological polar surface area (TPSA) is 73.6 Å². The molecule has 112 valence electrons. The van der Waals surface area contributed by atoms with Crippen LogP contribution in [-0.4, -0.2) is 28.0 Å². The molecule has 2 aromatic rings. The summed E-state index contributed by atoms with van der Waals surface area (Å²) in [4.78, 5) is 11.2. The van der Waals surface area contributed by atoms with E-state index in [-0.39, 0.29) is 18.2 Å². The maximum Gasteiger partial charge on any atom is 0.339 e. The molecule has 1 aromatic carbocycles. The standard InChI is InChI=1S/C15H18N2O4/c1-10(2)17-14(13(8-16-17)15(18)19)9-21-12-6-4-5-11(7-12)20-3/h4-8,10H,9H2,1-3H3,(H,18,19). The van der Waals surface area contributed by atoms with Crippen molar-refractivity contribution >= 4 is 5.97 Å². The molecule has 0 aliphatic carbocycles. The zero-order valence-corrected chi connectivity index (χ0v) is 12.2. The molecule has 6 nitrogen and oxygen atoms in total. The number of methoxy groups -OCH3 is 1. The van der Waals surface area contributed by atoms with Crippen LogP contribution in [0.2, 0.25) is 0 Å². The van der Waals surface area contributed by atoms with Gasteiger partial charge < -0.3 is 14.6 Å². The second-order valence-corrected chi connectivity index (χ2v) is 4.82. The van der Waals surface area contributed by atoms with E-state index in [1.807, 2.05) is 26.0 Å². The Hall–Kier alpha value is -2.50. The monoisotopic (exact) mass is 290 g/mol. The van der Waals surface area contributed by atoms with Crippen molar-refractivity contribution in [1.82, 2.24) is 9.78 Å². The van der Waals surface area contributed by atoms with Gasteiger partial charge in [-0.05, 0) is 26.0 Å². The highest BCUT2D eigenvalue weighted by Crippen LogP contribution is 2.21. The van der Waals surface area contributed by atoms with Crippen LogP contribution >= 0.6 is 0 Å². The summed E-state index contributed by atoms with van der Waals surface area (Å²) in [5, 5.41) is 13.3. The van der Waals surface area contributed by atoms with Gasteiger partial charge in [-0.1, -0.05) is 6.07 Å². The van der Waals surface area contributed by atoms with E-state index >= 15 is 0 Å². The molecule has 21 heavy (non-hydrogen) atoms. The smallest absolute Gasteiger partial charge is 0.339 e. The number of aromatic carboxylic acids is 1. The fourth-order valence-corrected chi connectivity index (χ4v) is 2.00. The largest absolute Gasteiger partial charge is 0.497 e. The van der Waals surface area contributed by atoms with Gasteiger partial charge in [-0.15, -0.1) is 0 Å². The summed E-state index contributed by atoms with van der Waals surface area (Å²) in [6.07, 6.45) is 1.35. The molecule has 0 fully saturated rings. The van der Waals surface area contributed by atoms with Crippen molar-refractivity contribution in [3.63, 3.8) is 0 Å². The van der Waals surface area contributed by atoms with E-state index in [2.05, 4.69) is 5.10 Å². The van der Waals surface area contributed by atoms with Crippen molar-refractivity contribution in [2.75, 3.05) is 7.11 Å². The number of nitrogens with zero attached hydrogens (tertiary/aromatic N) is 2. The first-order valence-corrected chi connectivity index (χ1v) is 6.59. The van der Waals surface area contributed by atoms with Crippen molar-refractivity contribution in [2.24, 2.45) is 0 Å². The summed E-state index contributed by atoms with van der Waals surface area (Å²) in [7, 11) is 1.58. The van der Waals surface area contributed by atoms with Gasteiger partial charge in [-0.2, -0.15) is 5.10 Å². The van der Waals surface area contributed by atoms with Gasteiger partial charge in [0.05, 0.1) is 19.0 Å². The molecule has 1 heterocycles. The van der Waals surface area contributed by atoms with Crippen molar-refractivity contribution < 1.29 is 19.4 Å². The minimum atomic E-state index is -1.01. The van der Waals surface area contributed by atoms with E-state index in [0.29, 0.717) is 17.2 Å². The highest BCUT2D eigenvalue weighted by Gasteiger charge is 2.18. The van der Waals surface area contributed by atoms with Crippen LogP contribution in [0.1, 0.15) is 35.9 Å². The first-order valence-electron chi connectivity index (χ1n) is 6.59. The lowest BCUT2D eigenvalue weighted by Gasteiger charge is -2.13. The molecule has 0 spiro atoms.